The van der Waals surface area contributed by atoms with Crippen LogP contribution in [0.5, 0.6) is 0 Å². The largest absolute Gasteiger partial charge is 0.391 e. The molecule has 8 heteroatoms. The second kappa shape index (κ2) is 7.87. The van der Waals surface area contributed by atoms with Gasteiger partial charge in [0.2, 0.25) is 0 Å². The number of fused-ring (bicyclic) bond motifs is 1. The number of hydrogen-bond donors (Lipinski definition) is 2. The Morgan fingerprint density at radius 2 is 2.18 bits per heavy atom. The van der Waals surface area contributed by atoms with Crippen molar-refractivity contribution >= 4 is 0 Å². The van der Waals surface area contributed by atoms with Crippen molar-refractivity contribution in [1.82, 2.24) is 14.7 Å². The van der Waals surface area contributed by atoms with Crippen LogP contribution < -0.4 is 5.73 Å². The molecule has 0 spiro atoms. The lowest BCUT2D eigenvalue weighted by Crippen LogP contribution is -2.47. The van der Waals surface area contributed by atoms with Crippen LogP contribution in [0.1, 0.15) is 42.7 Å². The van der Waals surface area contributed by atoms with Gasteiger partial charge in [-0.2, -0.15) is 5.10 Å². The van der Waals surface area contributed by atoms with E-state index in [1.807, 2.05) is 17.8 Å². The predicted molar refractivity (Wildman–Crippen MR) is 99.2 cm³/mol. The molecule has 4 atom stereocenters. The molecule has 152 valence electrons. The van der Waals surface area contributed by atoms with Crippen molar-refractivity contribution in [3.05, 3.63) is 52.9 Å². The highest BCUT2D eigenvalue weighted by atomic mass is 19.1. The van der Waals surface area contributed by atoms with Crippen LogP contribution in [0.4, 0.5) is 8.78 Å². The molecule has 0 radical (unpaired) electrons. The Labute approximate surface area is 162 Å². The molecule has 4 rings (SSSR count). The molecule has 1 saturated heterocycles. The van der Waals surface area contributed by atoms with Crippen LogP contribution in [0.25, 0.3) is 0 Å². The number of aliphatic hydroxyl groups is 1. The third-order valence-corrected chi connectivity index (χ3v) is 5.80. The first-order valence-electron chi connectivity index (χ1n) is 9.74. The number of aliphatic hydroxyl groups excluding tert-OH is 1. The molecule has 1 aromatic heterocycles. The molecule has 0 aliphatic carbocycles. The highest BCUT2D eigenvalue weighted by Crippen LogP contribution is 2.34. The van der Waals surface area contributed by atoms with Gasteiger partial charge in [0, 0.05) is 36.3 Å². The van der Waals surface area contributed by atoms with Crippen molar-refractivity contribution in [2.24, 2.45) is 5.73 Å². The fraction of sp³-hybridized carbons (Fsp3) is 0.550. The minimum absolute atomic E-state index is 0.0971. The molecule has 1 fully saturated rings. The number of hydrogen-bond acceptors (Lipinski definition) is 5. The summed E-state index contributed by atoms with van der Waals surface area (Å²) in [6.45, 7) is 4.30. The van der Waals surface area contributed by atoms with Gasteiger partial charge in [-0.05, 0) is 31.0 Å². The van der Waals surface area contributed by atoms with E-state index in [1.165, 1.54) is 6.07 Å². The number of nitrogens with zero attached hydrogens (tertiary/aromatic N) is 3. The van der Waals surface area contributed by atoms with Crippen LogP contribution in [0.15, 0.2) is 24.4 Å². The van der Waals surface area contributed by atoms with E-state index in [0.717, 1.165) is 29.9 Å². The Bertz CT molecular complexity index is 844. The highest BCUT2D eigenvalue weighted by molar-refractivity contribution is 5.25. The summed E-state index contributed by atoms with van der Waals surface area (Å²) in [5.41, 5.74) is 8.73. The second-order valence-electron chi connectivity index (χ2n) is 7.74. The minimum atomic E-state index is -0.646. The van der Waals surface area contributed by atoms with Gasteiger partial charge < -0.3 is 15.6 Å². The van der Waals surface area contributed by atoms with E-state index in [2.05, 4.69) is 10.00 Å². The van der Waals surface area contributed by atoms with Gasteiger partial charge in [0.05, 0.1) is 31.1 Å². The summed E-state index contributed by atoms with van der Waals surface area (Å²) in [5.74, 6) is -0.994. The maximum absolute atomic E-state index is 14.1. The number of aromatic nitrogens is 2. The Hall–Kier alpha value is -1.87. The monoisotopic (exact) mass is 392 g/mol. The molecule has 0 saturated carbocycles. The lowest BCUT2D eigenvalue weighted by Gasteiger charge is -2.38. The normalized spacial score (nSPS) is 26.4. The van der Waals surface area contributed by atoms with Crippen LogP contribution in [0.2, 0.25) is 0 Å². The molecular weight excluding hydrogens is 366 g/mol. The first kappa shape index (κ1) is 19.4. The fourth-order valence-electron chi connectivity index (χ4n) is 4.13. The van der Waals surface area contributed by atoms with Gasteiger partial charge in [0.1, 0.15) is 17.7 Å². The number of benzene rings is 1. The van der Waals surface area contributed by atoms with E-state index >= 15 is 0 Å². The molecule has 3 heterocycles. The zero-order chi connectivity index (χ0) is 19.8. The number of halogens is 2. The van der Waals surface area contributed by atoms with E-state index < -0.39 is 29.9 Å². The Balaban J connectivity index is 1.42. The zero-order valence-corrected chi connectivity index (χ0v) is 15.9. The summed E-state index contributed by atoms with van der Waals surface area (Å²) in [7, 11) is 0. The summed E-state index contributed by atoms with van der Waals surface area (Å²) in [4.78, 5) is 2.28. The Morgan fingerprint density at radius 1 is 1.36 bits per heavy atom. The van der Waals surface area contributed by atoms with Crippen molar-refractivity contribution in [2.75, 3.05) is 6.61 Å². The second-order valence-corrected chi connectivity index (χ2v) is 7.74. The van der Waals surface area contributed by atoms with Crippen LogP contribution in [0.3, 0.4) is 0 Å². The standard InChI is InChI=1S/C20H26F2N4O2/c1-2-15(27)9-26-19-10-25(8-12(19)7-24-26)14-6-18(23)20(28-11-14)16-5-13(21)3-4-17(16)22/h3-5,7,14-15,18,20,27H,2,6,8-11,23H2,1H3/t14-,15+,18+,20-/m1/s1. The van der Waals surface area contributed by atoms with Gasteiger partial charge in [-0.3, -0.25) is 9.58 Å². The van der Waals surface area contributed by atoms with E-state index in [4.69, 9.17) is 10.5 Å². The summed E-state index contributed by atoms with van der Waals surface area (Å²) in [6, 6.07) is 3.05. The van der Waals surface area contributed by atoms with E-state index in [1.54, 1.807) is 0 Å². The van der Waals surface area contributed by atoms with E-state index in [-0.39, 0.29) is 11.6 Å². The maximum atomic E-state index is 14.1. The molecule has 6 nitrogen and oxygen atoms in total. The first-order valence-corrected chi connectivity index (χ1v) is 9.74. The van der Waals surface area contributed by atoms with Crippen molar-refractivity contribution in [3.63, 3.8) is 0 Å². The predicted octanol–water partition coefficient (Wildman–Crippen LogP) is 2.11. The Morgan fingerprint density at radius 3 is 2.93 bits per heavy atom. The number of nitrogens with two attached hydrogens (primary N) is 1. The van der Waals surface area contributed by atoms with Crippen molar-refractivity contribution < 1.29 is 18.6 Å². The molecule has 2 aliphatic rings. The van der Waals surface area contributed by atoms with Gasteiger partial charge in [0.15, 0.2) is 0 Å². The van der Waals surface area contributed by atoms with Crippen molar-refractivity contribution in [1.29, 1.82) is 0 Å². The lowest BCUT2D eigenvalue weighted by atomic mass is 9.93. The average Bonchev–Trinajstić information content (AvgIpc) is 3.26. The van der Waals surface area contributed by atoms with Crippen LogP contribution in [-0.4, -0.2) is 44.6 Å². The molecule has 2 aromatic rings. The molecular formula is C20H26F2N4O2. The highest BCUT2D eigenvalue weighted by Gasteiger charge is 2.37. The summed E-state index contributed by atoms with van der Waals surface area (Å²) in [6.07, 6.45) is 2.11. The lowest BCUT2D eigenvalue weighted by molar-refractivity contribution is -0.0535. The quantitative estimate of drug-likeness (QED) is 0.815. The molecule has 0 amide bonds. The van der Waals surface area contributed by atoms with Crippen LogP contribution in [-0.2, 0) is 24.4 Å². The minimum Gasteiger partial charge on any atom is -0.391 e. The van der Waals surface area contributed by atoms with Gasteiger partial charge in [-0.1, -0.05) is 6.92 Å². The molecule has 2 aliphatic heterocycles. The van der Waals surface area contributed by atoms with Crippen molar-refractivity contribution in [2.45, 2.75) is 63.7 Å². The topological polar surface area (TPSA) is 76.5 Å². The smallest absolute Gasteiger partial charge is 0.129 e. The number of rotatable bonds is 5. The molecule has 3 N–H and O–H groups in total. The summed E-state index contributed by atoms with van der Waals surface area (Å²) in [5, 5.41) is 14.3. The summed E-state index contributed by atoms with van der Waals surface area (Å²) >= 11 is 0. The SMILES string of the molecule is CC[C@H](O)Cn1ncc2c1CN([C@H]1CO[C@H](c3cc(F)ccc3F)[C@@H](N)C1)C2. The van der Waals surface area contributed by atoms with Gasteiger partial charge in [0.25, 0.3) is 0 Å². The van der Waals surface area contributed by atoms with Crippen LogP contribution in [0, 0.1) is 11.6 Å². The average molecular weight is 392 g/mol. The third-order valence-electron chi connectivity index (χ3n) is 5.80. The van der Waals surface area contributed by atoms with Gasteiger partial charge in [-0.15, -0.1) is 0 Å². The molecule has 0 unspecified atom stereocenters. The number of ether oxygens (including phenoxy) is 1. The van der Waals surface area contributed by atoms with E-state index in [9.17, 15) is 13.9 Å². The molecule has 28 heavy (non-hydrogen) atoms. The van der Waals surface area contributed by atoms with Gasteiger partial charge >= 0.3 is 0 Å². The maximum Gasteiger partial charge on any atom is 0.129 e. The molecule has 1 aromatic carbocycles. The van der Waals surface area contributed by atoms with Crippen LogP contribution >= 0.6 is 0 Å². The van der Waals surface area contributed by atoms with Gasteiger partial charge in [-0.25, -0.2) is 8.78 Å². The van der Waals surface area contributed by atoms with Crippen molar-refractivity contribution in [3.8, 4) is 0 Å². The first-order chi connectivity index (χ1) is 13.5. The fourth-order valence-corrected chi connectivity index (χ4v) is 4.13. The summed E-state index contributed by atoms with van der Waals surface area (Å²) < 4.78 is 35.4. The van der Waals surface area contributed by atoms with E-state index in [0.29, 0.717) is 32.5 Å². The zero-order valence-electron chi connectivity index (χ0n) is 15.9. The molecule has 0 bridgehead atoms. The Kier molecular flexibility index (Phi) is 5.46. The third kappa shape index (κ3) is 3.69.